The number of carbonyl (C=O) groups excluding carboxylic acids is 2. The van der Waals surface area contributed by atoms with Gasteiger partial charge < -0.3 is 20.5 Å². The SMILES string of the molecule is COC(=O)CC[C@H](NC(=O)[C@@H]1CNC[C@H]1C)C(=O)O. The fourth-order valence-corrected chi connectivity index (χ4v) is 2.06. The van der Waals surface area contributed by atoms with Crippen LogP contribution < -0.4 is 10.6 Å². The Morgan fingerprint density at radius 3 is 2.58 bits per heavy atom. The van der Waals surface area contributed by atoms with E-state index >= 15 is 0 Å². The van der Waals surface area contributed by atoms with Gasteiger partial charge in [-0.1, -0.05) is 6.92 Å². The summed E-state index contributed by atoms with van der Waals surface area (Å²) in [6, 6.07) is -1.06. The first-order chi connectivity index (χ1) is 8.95. The van der Waals surface area contributed by atoms with Gasteiger partial charge in [-0.3, -0.25) is 9.59 Å². The third-order valence-electron chi connectivity index (χ3n) is 3.33. The van der Waals surface area contributed by atoms with Gasteiger partial charge in [-0.25, -0.2) is 4.79 Å². The van der Waals surface area contributed by atoms with Gasteiger partial charge in [-0.2, -0.15) is 0 Å². The summed E-state index contributed by atoms with van der Waals surface area (Å²) in [5.41, 5.74) is 0. The maximum Gasteiger partial charge on any atom is 0.326 e. The van der Waals surface area contributed by atoms with Gasteiger partial charge in [0.05, 0.1) is 13.0 Å². The van der Waals surface area contributed by atoms with E-state index in [4.69, 9.17) is 5.11 Å². The quantitative estimate of drug-likeness (QED) is 0.556. The van der Waals surface area contributed by atoms with Gasteiger partial charge in [0.15, 0.2) is 0 Å². The van der Waals surface area contributed by atoms with E-state index in [-0.39, 0.29) is 30.6 Å². The van der Waals surface area contributed by atoms with Crippen LogP contribution >= 0.6 is 0 Å². The number of hydrogen-bond donors (Lipinski definition) is 3. The molecule has 0 saturated carbocycles. The smallest absolute Gasteiger partial charge is 0.326 e. The molecule has 3 atom stereocenters. The minimum atomic E-state index is -1.14. The molecule has 0 unspecified atom stereocenters. The van der Waals surface area contributed by atoms with Gasteiger partial charge in [0, 0.05) is 13.0 Å². The Hall–Kier alpha value is -1.63. The molecule has 1 saturated heterocycles. The van der Waals surface area contributed by atoms with Gasteiger partial charge in [-0.15, -0.1) is 0 Å². The summed E-state index contributed by atoms with van der Waals surface area (Å²) in [6.07, 6.45) is -0.00546. The number of esters is 1. The summed E-state index contributed by atoms with van der Waals surface area (Å²) in [6.45, 7) is 3.24. The zero-order chi connectivity index (χ0) is 14.4. The van der Waals surface area contributed by atoms with Crippen molar-refractivity contribution >= 4 is 17.8 Å². The average molecular weight is 272 g/mol. The summed E-state index contributed by atoms with van der Waals surface area (Å²) in [4.78, 5) is 34.0. The van der Waals surface area contributed by atoms with E-state index in [1.54, 1.807) is 0 Å². The molecule has 7 nitrogen and oxygen atoms in total. The Morgan fingerprint density at radius 1 is 1.42 bits per heavy atom. The molecule has 3 N–H and O–H groups in total. The van der Waals surface area contributed by atoms with Gasteiger partial charge in [0.25, 0.3) is 0 Å². The highest BCUT2D eigenvalue weighted by molar-refractivity contribution is 5.85. The lowest BCUT2D eigenvalue weighted by Gasteiger charge is -2.18. The van der Waals surface area contributed by atoms with E-state index in [1.165, 1.54) is 7.11 Å². The largest absolute Gasteiger partial charge is 0.480 e. The van der Waals surface area contributed by atoms with Crippen LogP contribution in [-0.2, 0) is 19.1 Å². The molecule has 108 valence electrons. The Balaban J connectivity index is 2.51. The van der Waals surface area contributed by atoms with Crippen LogP contribution in [0.5, 0.6) is 0 Å². The fraction of sp³-hybridized carbons (Fsp3) is 0.750. The normalized spacial score (nSPS) is 23.7. The molecule has 1 amide bonds. The van der Waals surface area contributed by atoms with E-state index in [9.17, 15) is 14.4 Å². The molecule has 0 aromatic heterocycles. The monoisotopic (exact) mass is 272 g/mol. The summed E-state index contributed by atoms with van der Waals surface area (Å²) < 4.78 is 4.45. The molecule has 1 aliphatic rings. The zero-order valence-corrected chi connectivity index (χ0v) is 11.1. The van der Waals surface area contributed by atoms with Crippen molar-refractivity contribution in [3.8, 4) is 0 Å². The van der Waals surface area contributed by atoms with Crippen molar-refractivity contribution in [1.82, 2.24) is 10.6 Å². The summed E-state index contributed by atoms with van der Waals surface area (Å²) in [7, 11) is 1.24. The van der Waals surface area contributed by atoms with Crippen molar-refractivity contribution in [1.29, 1.82) is 0 Å². The number of ether oxygens (including phenoxy) is 1. The maximum absolute atomic E-state index is 12.0. The number of methoxy groups -OCH3 is 1. The van der Waals surface area contributed by atoms with Crippen molar-refractivity contribution in [3.63, 3.8) is 0 Å². The summed E-state index contributed by atoms with van der Waals surface area (Å²) in [5, 5.41) is 14.6. The number of aliphatic carboxylic acids is 1. The minimum Gasteiger partial charge on any atom is -0.480 e. The molecule has 1 rings (SSSR count). The molecule has 1 fully saturated rings. The number of carboxylic acids is 1. The molecule has 1 heterocycles. The van der Waals surface area contributed by atoms with E-state index in [2.05, 4.69) is 15.4 Å². The first-order valence-electron chi connectivity index (χ1n) is 6.26. The van der Waals surface area contributed by atoms with Crippen LogP contribution in [0.1, 0.15) is 19.8 Å². The number of rotatable bonds is 6. The molecule has 7 heteroatoms. The maximum atomic E-state index is 12.0. The lowest BCUT2D eigenvalue weighted by atomic mass is 9.96. The van der Waals surface area contributed by atoms with Crippen molar-refractivity contribution in [2.75, 3.05) is 20.2 Å². The molecule has 1 aliphatic heterocycles. The lowest BCUT2D eigenvalue weighted by molar-refractivity contribution is -0.144. The average Bonchev–Trinajstić information content (AvgIpc) is 2.79. The second kappa shape index (κ2) is 7.08. The second-order valence-electron chi connectivity index (χ2n) is 4.76. The van der Waals surface area contributed by atoms with Crippen LogP contribution in [0.4, 0.5) is 0 Å². The van der Waals surface area contributed by atoms with Crippen LogP contribution in [-0.4, -0.2) is 49.2 Å². The first kappa shape index (κ1) is 15.4. The van der Waals surface area contributed by atoms with Crippen LogP contribution in [0.25, 0.3) is 0 Å². The minimum absolute atomic E-state index is 0.0300. The molecular formula is C12H20N2O5. The van der Waals surface area contributed by atoms with Gasteiger partial charge in [-0.05, 0) is 18.9 Å². The van der Waals surface area contributed by atoms with E-state index < -0.39 is 18.0 Å². The van der Waals surface area contributed by atoms with E-state index in [0.29, 0.717) is 6.54 Å². The van der Waals surface area contributed by atoms with Gasteiger partial charge >= 0.3 is 11.9 Å². The van der Waals surface area contributed by atoms with E-state index in [0.717, 1.165) is 6.54 Å². The van der Waals surface area contributed by atoms with Crippen molar-refractivity contribution < 1.29 is 24.2 Å². The van der Waals surface area contributed by atoms with Crippen LogP contribution in [0.2, 0.25) is 0 Å². The first-order valence-corrected chi connectivity index (χ1v) is 6.26. The Kier molecular flexibility index (Phi) is 5.75. The molecule has 0 radical (unpaired) electrons. The van der Waals surface area contributed by atoms with E-state index in [1.807, 2.05) is 6.92 Å². The van der Waals surface area contributed by atoms with Crippen LogP contribution in [0, 0.1) is 11.8 Å². The number of nitrogens with one attached hydrogen (secondary N) is 2. The highest BCUT2D eigenvalue weighted by Gasteiger charge is 2.32. The fourth-order valence-electron chi connectivity index (χ4n) is 2.06. The number of carbonyl (C=O) groups is 3. The topological polar surface area (TPSA) is 105 Å². The van der Waals surface area contributed by atoms with Gasteiger partial charge in [0.1, 0.15) is 6.04 Å². The predicted octanol–water partition coefficient (Wildman–Crippen LogP) is -0.635. The molecule has 0 spiro atoms. The molecule has 0 aliphatic carbocycles. The highest BCUT2D eigenvalue weighted by atomic mass is 16.5. The molecule has 0 aromatic carbocycles. The summed E-state index contributed by atoms with van der Waals surface area (Å²) >= 11 is 0. The third kappa shape index (κ3) is 4.51. The molecular weight excluding hydrogens is 252 g/mol. The van der Waals surface area contributed by atoms with Crippen LogP contribution in [0.3, 0.4) is 0 Å². The Bertz CT molecular complexity index is 358. The second-order valence-corrected chi connectivity index (χ2v) is 4.76. The molecule has 19 heavy (non-hydrogen) atoms. The Labute approximate surface area is 111 Å². The highest BCUT2D eigenvalue weighted by Crippen LogP contribution is 2.16. The Morgan fingerprint density at radius 2 is 2.11 bits per heavy atom. The standard InChI is InChI=1S/C12H20N2O5/c1-7-5-13-6-8(7)11(16)14-9(12(17)18)3-4-10(15)19-2/h7-9,13H,3-6H2,1-2H3,(H,14,16)(H,17,18)/t7-,8-,9+/m1/s1. The van der Waals surface area contributed by atoms with Crippen molar-refractivity contribution in [2.24, 2.45) is 11.8 Å². The predicted molar refractivity (Wildman–Crippen MR) is 66.3 cm³/mol. The summed E-state index contributed by atoms with van der Waals surface area (Å²) in [5.74, 6) is -1.96. The van der Waals surface area contributed by atoms with Crippen molar-refractivity contribution in [2.45, 2.75) is 25.8 Å². The number of amides is 1. The van der Waals surface area contributed by atoms with Crippen LogP contribution in [0.15, 0.2) is 0 Å². The number of carboxylic acid groups (broad SMARTS) is 1. The van der Waals surface area contributed by atoms with Gasteiger partial charge in [0.2, 0.25) is 5.91 Å². The van der Waals surface area contributed by atoms with Crippen molar-refractivity contribution in [3.05, 3.63) is 0 Å². The molecule has 0 bridgehead atoms. The third-order valence-corrected chi connectivity index (χ3v) is 3.33. The lowest BCUT2D eigenvalue weighted by Crippen LogP contribution is -2.45. The zero-order valence-electron chi connectivity index (χ0n) is 11.1. The molecule has 0 aromatic rings. The number of hydrogen-bond acceptors (Lipinski definition) is 5.